The maximum atomic E-state index is 12.2. The summed E-state index contributed by atoms with van der Waals surface area (Å²) < 4.78 is 5.47. The molecule has 0 fully saturated rings. The van der Waals surface area contributed by atoms with Crippen LogP contribution in [0.15, 0.2) is 54.2 Å². The van der Waals surface area contributed by atoms with E-state index >= 15 is 0 Å². The molecule has 0 saturated carbocycles. The smallest absolute Gasteiger partial charge is 0.314 e. The van der Waals surface area contributed by atoms with Crippen LogP contribution in [0.4, 0.5) is 0 Å². The van der Waals surface area contributed by atoms with Crippen molar-refractivity contribution in [3.8, 4) is 17.0 Å². The number of allylic oxidation sites excluding steroid dienone is 2. The molecule has 1 aliphatic carbocycles. The summed E-state index contributed by atoms with van der Waals surface area (Å²) in [4.78, 5) is 16.6. The summed E-state index contributed by atoms with van der Waals surface area (Å²) >= 11 is 0. The molecule has 1 aromatic heterocycles. The van der Waals surface area contributed by atoms with Gasteiger partial charge in [0.25, 0.3) is 0 Å². The molecule has 118 valence electrons. The van der Waals surface area contributed by atoms with Crippen molar-refractivity contribution in [1.82, 2.24) is 4.98 Å². The second-order valence-corrected chi connectivity index (χ2v) is 6.19. The average molecular weight is 307 g/mol. The number of ether oxygens (including phenoxy) is 1. The Kier molecular flexibility index (Phi) is 4.56. The van der Waals surface area contributed by atoms with Gasteiger partial charge in [0.1, 0.15) is 5.75 Å². The number of nitrogens with zero attached hydrogens (tertiary/aromatic N) is 1. The predicted octanol–water partition coefficient (Wildman–Crippen LogP) is 4.71. The fourth-order valence-corrected chi connectivity index (χ4v) is 2.71. The molecule has 0 N–H and O–H groups in total. The van der Waals surface area contributed by atoms with Gasteiger partial charge in [-0.15, -0.1) is 0 Å². The maximum absolute atomic E-state index is 12.2. The summed E-state index contributed by atoms with van der Waals surface area (Å²) in [6.07, 6.45) is 6.38. The van der Waals surface area contributed by atoms with Crippen molar-refractivity contribution in [3.63, 3.8) is 0 Å². The number of carbonyl (C=O) groups is 1. The molecule has 0 spiro atoms. The minimum Gasteiger partial charge on any atom is -0.425 e. The Morgan fingerprint density at radius 1 is 1.13 bits per heavy atom. The molecule has 1 aliphatic rings. The first-order valence-electron chi connectivity index (χ1n) is 8.02. The van der Waals surface area contributed by atoms with Crippen LogP contribution in [0.1, 0.15) is 31.7 Å². The molecule has 3 heteroatoms. The van der Waals surface area contributed by atoms with Crippen molar-refractivity contribution in [2.24, 2.45) is 5.92 Å². The van der Waals surface area contributed by atoms with Gasteiger partial charge in [-0.25, -0.2) is 0 Å². The standard InChI is InChI=1S/C20H21NO2/c1-14-3-7-16(8-4-14)19-12-11-18(13-21-19)23-20(22)17-9-5-15(2)6-10-17/h3-5,7-8,11-13,17H,6,9-10H2,1-2H3. The van der Waals surface area contributed by atoms with Crippen molar-refractivity contribution in [3.05, 3.63) is 59.8 Å². The van der Waals surface area contributed by atoms with Gasteiger partial charge in [-0.2, -0.15) is 0 Å². The normalized spacial score (nSPS) is 17.5. The van der Waals surface area contributed by atoms with Gasteiger partial charge < -0.3 is 4.74 Å². The van der Waals surface area contributed by atoms with Gasteiger partial charge in [-0.3, -0.25) is 9.78 Å². The monoisotopic (exact) mass is 307 g/mol. The lowest BCUT2D eigenvalue weighted by Crippen LogP contribution is -2.22. The summed E-state index contributed by atoms with van der Waals surface area (Å²) in [5.74, 6) is 0.325. The largest absolute Gasteiger partial charge is 0.425 e. The molecule has 2 aromatic rings. The van der Waals surface area contributed by atoms with Crippen molar-refractivity contribution in [2.45, 2.75) is 33.1 Å². The molecule has 0 saturated heterocycles. The van der Waals surface area contributed by atoms with Crippen LogP contribution in [-0.2, 0) is 4.79 Å². The minimum atomic E-state index is -0.154. The quantitative estimate of drug-likeness (QED) is 0.609. The number of aryl methyl sites for hydroxylation is 1. The highest BCUT2D eigenvalue weighted by molar-refractivity contribution is 5.75. The number of hydrogen-bond donors (Lipinski definition) is 0. The Morgan fingerprint density at radius 3 is 2.52 bits per heavy atom. The van der Waals surface area contributed by atoms with E-state index in [1.54, 1.807) is 6.20 Å². The summed E-state index contributed by atoms with van der Waals surface area (Å²) in [7, 11) is 0. The molecule has 3 rings (SSSR count). The number of hydrogen-bond acceptors (Lipinski definition) is 3. The van der Waals surface area contributed by atoms with E-state index in [0.717, 1.165) is 30.5 Å². The van der Waals surface area contributed by atoms with Crippen molar-refractivity contribution >= 4 is 5.97 Å². The van der Waals surface area contributed by atoms with E-state index in [9.17, 15) is 4.79 Å². The Morgan fingerprint density at radius 2 is 1.91 bits per heavy atom. The fourth-order valence-electron chi connectivity index (χ4n) is 2.71. The number of esters is 1. The molecule has 3 nitrogen and oxygen atoms in total. The van der Waals surface area contributed by atoms with Crippen LogP contribution in [0, 0.1) is 12.8 Å². The summed E-state index contributed by atoms with van der Waals surface area (Å²) in [5, 5.41) is 0. The molecule has 1 aromatic carbocycles. The van der Waals surface area contributed by atoms with E-state index in [-0.39, 0.29) is 11.9 Å². The second kappa shape index (κ2) is 6.78. The third-order valence-corrected chi connectivity index (χ3v) is 4.27. The number of rotatable bonds is 3. The molecule has 0 amide bonds. The first-order chi connectivity index (χ1) is 11.1. The van der Waals surface area contributed by atoms with Crippen LogP contribution in [0.3, 0.4) is 0 Å². The fraction of sp³-hybridized carbons (Fsp3) is 0.300. The van der Waals surface area contributed by atoms with E-state index < -0.39 is 0 Å². The lowest BCUT2D eigenvalue weighted by molar-refractivity contribution is -0.139. The van der Waals surface area contributed by atoms with Gasteiger partial charge in [0, 0.05) is 5.56 Å². The molecular formula is C20H21NO2. The third kappa shape index (κ3) is 3.86. The molecule has 1 unspecified atom stereocenters. The summed E-state index contributed by atoms with van der Waals surface area (Å²) in [6.45, 7) is 4.16. The van der Waals surface area contributed by atoms with Crippen LogP contribution in [-0.4, -0.2) is 11.0 Å². The maximum Gasteiger partial charge on any atom is 0.314 e. The molecule has 0 bridgehead atoms. The number of carbonyl (C=O) groups excluding carboxylic acids is 1. The Balaban J connectivity index is 1.65. The van der Waals surface area contributed by atoms with Gasteiger partial charge in [0.2, 0.25) is 0 Å². The minimum absolute atomic E-state index is 0.0320. The lowest BCUT2D eigenvalue weighted by atomic mass is 9.90. The zero-order chi connectivity index (χ0) is 16.2. The first kappa shape index (κ1) is 15.5. The van der Waals surface area contributed by atoms with E-state index in [4.69, 9.17) is 4.74 Å². The Hall–Kier alpha value is -2.42. The summed E-state index contributed by atoms with van der Waals surface area (Å²) in [5.41, 5.74) is 4.51. The van der Waals surface area contributed by atoms with Gasteiger partial charge in [0.15, 0.2) is 0 Å². The van der Waals surface area contributed by atoms with Gasteiger partial charge >= 0.3 is 5.97 Å². The molecule has 1 atom stereocenters. The first-order valence-corrected chi connectivity index (χ1v) is 8.02. The van der Waals surface area contributed by atoms with Crippen molar-refractivity contribution in [1.29, 1.82) is 0 Å². The molecule has 1 heterocycles. The van der Waals surface area contributed by atoms with Crippen LogP contribution in [0.25, 0.3) is 11.3 Å². The SMILES string of the molecule is CC1=CCC(C(=O)Oc2ccc(-c3ccc(C)cc3)nc2)CC1. The molecular weight excluding hydrogens is 286 g/mol. The second-order valence-electron chi connectivity index (χ2n) is 6.19. The van der Waals surface area contributed by atoms with E-state index in [0.29, 0.717) is 5.75 Å². The van der Waals surface area contributed by atoms with E-state index in [2.05, 4.69) is 37.0 Å². The summed E-state index contributed by atoms with van der Waals surface area (Å²) in [6, 6.07) is 11.9. The highest BCUT2D eigenvalue weighted by Gasteiger charge is 2.22. The van der Waals surface area contributed by atoms with Crippen molar-refractivity contribution < 1.29 is 9.53 Å². The zero-order valence-electron chi connectivity index (χ0n) is 13.6. The van der Waals surface area contributed by atoms with E-state index in [1.165, 1.54) is 11.1 Å². The van der Waals surface area contributed by atoms with Crippen molar-refractivity contribution in [2.75, 3.05) is 0 Å². The van der Waals surface area contributed by atoms with Gasteiger partial charge in [-0.05, 0) is 45.2 Å². The topological polar surface area (TPSA) is 39.2 Å². The number of pyridine rings is 1. The molecule has 0 radical (unpaired) electrons. The van der Waals surface area contributed by atoms with Gasteiger partial charge in [0.05, 0.1) is 17.8 Å². The van der Waals surface area contributed by atoms with Gasteiger partial charge in [-0.1, -0.05) is 41.5 Å². The third-order valence-electron chi connectivity index (χ3n) is 4.27. The van der Waals surface area contributed by atoms with Crippen LogP contribution in [0.2, 0.25) is 0 Å². The Bertz CT molecular complexity index is 714. The molecule has 0 aliphatic heterocycles. The highest BCUT2D eigenvalue weighted by atomic mass is 16.5. The highest BCUT2D eigenvalue weighted by Crippen LogP contribution is 2.25. The Labute approximate surface area is 137 Å². The van der Waals surface area contributed by atoms with E-state index in [1.807, 2.05) is 24.3 Å². The van der Waals surface area contributed by atoms with Crippen LogP contribution in [0.5, 0.6) is 5.75 Å². The lowest BCUT2D eigenvalue weighted by Gasteiger charge is -2.18. The van der Waals surface area contributed by atoms with Crippen LogP contribution >= 0.6 is 0 Å². The number of benzene rings is 1. The molecule has 23 heavy (non-hydrogen) atoms. The number of aromatic nitrogens is 1. The van der Waals surface area contributed by atoms with Crippen LogP contribution < -0.4 is 4.74 Å². The zero-order valence-corrected chi connectivity index (χ0v) is 13.6. The predicted molar refractivity (Wildman–Crippen MR) is 91.1 cm³/mol. The average Bonchev–Trinajstić information content (AvgIpc) is 2.57.